The third-order valence-electron chi connectivity index (χ3n) is 6.12. The van der Waals surface area contributed by atoms with Crippen molar-refractivity contribution < 1.29 is 28.5 Å². The van der Waals surface area contributed by atoms with Gasteiger partial charge >= 0.3 is 11.9 Å². The highest BCUT2D eigenvalue weighted by Crippen LogP contribution is 2.36. The molecule has 1 N–H and O–H groups in total. The molecule has 40 heavy (non-hydrogen) atoms. The minimum atomic E-state index is -1.14. The molecule has 0 bridgehead atoms. The molecule has 0 radical (unpaired) electrons. The molecule has 0 aliphatic carbocycles. The topological polar surface area (TPSA) is 155 Å². The maximum atomic E-state index is 11.4. The van der Waals surface area contributed by atoms with Crippen LogP contribution in [0.2, 0.25) is 0 Å². The van der Waals surface area contributed by atoms with Crippen LogP contribution in [0.25, 0.3) is 22.7 Å². The summed E-state index contributed by atoms with van der Waals surface area (Å²) < 4.78 is 22.5. The number of nitriles is 2. The second-order valence-corrected chi connectivity index (χ2v) is 9.70. The SMILES string of the molecule is CCOc1cnc(-c2cc(-c3ccc(N4CCOCC4)cc3)nc(OCc3sc(C(=O)O)cc3C#N)c2C#N)o1. The molecule has 1 fully saturated rings. The van der Waals surface area contributed by atoms with E-state index in [0.29, 0.717) is 36.0 Å². The molecule has 3 aromatic heterocycles. The van der Waals surface area contributed by atoms with Crippen molar-refractivity contribution in [1.29, 1.82) is 10.5 Å². The number of pyridine rings is 1. The molecule has 11 nitrogen and oxygen atoms in total. The lowest BCUT2D eigenvalue weighted by molar-refractivity contribution is 0.0702. The number of carbonyl (C=O) groups is 1. The Kier molecular flexibility index (Phi) is 7.92. The Balaban J connectivity index is 1.54. The van der Waals surface area contributed by atoms with Crippen LogP contribution in [0.4, 0.5) is 5.69 Å². The molecule has 4 aromatic rings. The van der Waals surface area contributed by atoms with Crippen LogP contribution in [-0.2, 0) is 11.3 Å². The lowest BCUT2D eigenvalue weighted by atomic mass is 10.0. The van der Waals surface area contributed by atoms with E-state index in [1.165, 1.54) is 12.3 Å². The van der Waals surface area contributed by atoms with Crippen LogP contribution in [-0.4, -0.2) is 54.0 Å². The Labute approximate surface area is 233 Å². The predicted molar refractivity (Wildman–Crippen MR) is 144 cm³/mol. The Bertz CT molecular complexity index is 1610. The van der Waals surface area contributed by atoms with Crippen LogP contribution in [0.1, 0.15) is 32.6 Å². The van der Waals surface area contributed by atoms with Gasteiger partial charge in [-0.15, -0.1) is 11.3 Å². The molecule has 0 saturated carbocycles. The molecule has 0 amide bonds. The molecule has 12 heteroatoms. The average molecular weight is 558 g/mol. The fourth-order valence-corrected chi connectivity index (χ4v) is 5.04. The van der Waals surface area contributed by atoms with E-state index in [1.54, 1.807) is 6.07 Å². The lowest BCUT2D eigenvalue weighted by Gasteiger charge is -2.28. The third-order valence-corrected chi connectivity index (χ3v) is 7.22. The minimum absolute atomic E-state index is 0.00224. The number of hydrogen-bond donors (Lipinski definition) is 1. The fourth-order valence-electron chi connectivity index (χ4n) is 4.18. The smallest absolute Gasteiger partial charge is 0.345 e. The number of carboxylic acid groups (broad SMARTS) is 1. The third kappa shape index (κ3) is 5.59. The maximum absolute atomic E-state index is 11.4. The summed E-state index contributed by atoms with van der Waals surface area (Å²) in [6, 6.07) is 15.0. The average Bonchev–Trinajstić information content (AvgIpc) is 3.63. The molecule has 4 heterocycles. The normalized spacial score (nSPS) is 12.9. The zero-order chi connectivity index (χ0) is 28.1. The number of ether oxygens (including phenoxy) is 3. The molecule has 5 rings (SSSR count). The summed E-state index contributed by atoms with van der Waals surface area (Å²) >= 11 is 0.931. The summed E-state index contributed by atoms with van der Waals surface area (Å²) in [6.45, 7) is 5.00. The van der Waals surface area contributed by atoms with Gasteiger partial charge in [-0.05, 0) is 31.2 Å². The number of carboxylic acids is 1. The van der Waals surface area contributed by atoms with E-state index < -0.39 is 5.97 Å². The van der Waals surface area contributed by atoms with Gasteiger partial charge in [0.2, 0.25) is 11.8 Å². The van der Waals surface area contributed by atoms with Gasteiger partial charge in [0.25, 0.3) is 0 Å². The van der Waals surface area contributed by atoms with Crippen molar-refractivity contribution in [2.45, 2.75) is 13.5 Å². The van der Waals surface area contributed by atoms with Gasteiger partial charge in [-0.25, -0.2) is 14.8 Å². The number of anilines is 1. The van der Waals surface area contributed by atoms with Gasteiger partial charge in [-0.2, -0.15) is 10.5 Å². The molecule has 0 unspecified atom stereocenters. The summed E-state index contributed by atoms with van der Waals surface area (Å²) in [5.41, 5.74) is 2.95. The van der Waals surface area contributed by atoms with Crippen LogP contribution >= 0.6 is 11.3 Å². The van der Waals surface area contributed by atoms with Gasteiger partial charge in [-0.1, -0.05) is 12.1 Å². The number of hydrogen-bond acceptors (Lipinski definition) is 11. The number of morpholine rings is 1. The van der Waals surface area contributed by atoms with Crippen LogP contribution < -0.4 is 14.4 Å². The number of thiophene rings is 1. The zero-order valence-electron chi connectivity index (χ0n) is 21.4. The van der Waals surface area contributed by atoms with Gasteiger partial charge in [0.15, 0.2) is 0 Å². The molecule has 1 saturated heterocycles. The van der Waals surface area contributed by atoms with Crippen LogP contribution in [0.5, 0.6) is 11.8 Å². The first-order valence-electron chi connectivity index (χ1n) is 12.4. The minimum Gasteiger partial charge on any atom is -0.477 e. The first-order chi connectivity index (χ1) is 19.5. The fraction of sp³-hybridized carbons (Fsp3) is 0.250. The monoisotopic (exact) mass is 557 g/mol. The summed E-state index contributed by atoms with van der Waals surface area (Å²) in [7, 11) is 0. The highest BCUT2D eigenvalue weighted by atomic mass is 32.1. The van der Waals surface area contributed by atoms with E-state index in [0.717, 1.165) is 35.7 Å². The van der Waals surface area contributed by atoms with E-state index in [4.69, 9.17) is 18.6 Å². The second kappa shape index (κ2) is 11.9. The largest absolute Gasteiger partial charge is 0.477 e. The number of aromatic carboxylic acids is 1. The van der Waals surface area contributed by atoms with Gasteiger partial charge in [0, 0.05) is 24.3 Å². The Hall–Kier alpha value is -4.91. The number of rotatable bonds is 9. The quantitative estimate of drug-likeness (QED) is 0.304. The van der Waals surface area contributed by atoms with Gasteiger partial charge in [-0.3, -0.25) is 0 Å². The van der Waals surface area contributed by atoms with Crippen LogP contribution in [0, 0.1) is 22.7 Å². The van der Waals surface area contributed by atoms with Crippen molar-refractivity contribution in [3.05, 3.63) is 63.5 Å². The predicted octanol–water partition coefficient (Wildman–Crippen LogP) is 4.72. The first kappa shape index (κ1) is 26.7. The number of nitrogens with zero attached hydrogens (tertiary/aromatic N) is 5. The number of benzene rings is 1. The van der Waals surface area contributed by atoms with Crippen molar-refractivity contribution in [2.75, 3.05) is 37.8 Å². The Morgan fingerprint density at radius 3 is 2.60 bits per heavy atom. The van der Waals surface area contributed by atoms with E-state index in [2.05, 4.69) is 20.9 Å². The van der Waals surface area contributed by atoms with Crippen molar-refractivity contribution in [1.82, 2.24) is 9.97 Å². The standard InChI is InChI=1S/C28H23N5O6S/c1-2-37-25-15-31-26(39-25)20-12-22(17-3-5-19(6-4-17)33-7-9-36-10-8-33)32-27(21(20)14-30)38-16-24-18(13-29)11-23(40-24)28(34)35/h3-6,11-12,15H,2,7-10,16H2,1H3,(H,34,35). The summed E-state index contributed by atoms with van der Waals surface area (Å²) in [5, 5.41) is 28.9. The van der Waals surface area contributed by atoms with E-state index >= 15 is 0 Å². The van der Waals surface area contributed by atoms with Crippen molar-refractivity contribution in [3.8, 4) is 46.7 Å². The molecule has 1 aliphatic rings. The molecule has 0 spiro atoms. The molecule has 1 aliphatic heterocycles. The summed E-state index contributed by atoms with van der Waals surface area (Å²) in [4.78, 5) is 23.0. The molecular weight excluding hydrogens is 534 g/mol. The van der Waals surface area contributed by atoms with Crippen molar-refractivity contribution >= 4 is 23.0 Å². The Morgan fingerprint density at radius 2 is 1.93 bits per heavy atom. The van der Waals surface area contributed by atoms with Crippen LogP contribution in [0.3, 0.4) is 0 Å². The van der Waals surface area contributed by atoms with E-state index in [1.807, 2.05) is 37.3 Å². The van der Waals surface area contributed by atoms with Crippen molar-refractivity contribution in [3.63, 3.8) is 0 Å². The second-order valence-electron chi connectivity index (χ2n) is 8.56. The lowest BCUT2D eigenvalue weighted by Crippen LogP contribution is -2.36. The first-order valence-corrected chi connectivity index (χ1v) is 13.2. The summed E-state index contributed by atoms with van der Waals surface area (Å²) in [6.07, 6.45) is 1.43. The van der Waals surface area contributed by atoms with E-state index in [-0.39, 0.29) is 40.3 Å². The summed E-state index contributed by atoms with van der Waals surface area (Å²) in [5.74, 6) is -0.782. The van der Waals surface area contributed by atoms with Crippen molar-refractivity contribution in [2.24, 2.45) is 0 Å². The van der Waals surface area contributed by atoms with Gasteiger partial charge < -0.3 is 28.6 Å². The molecule has 1 aromatic carbocycles. The highest BCUT2D eigenvalue weighted by molar-refractivity contribution is 7.14. The van der Waals surface area contributed by atoms with Gasteiger partial charge in [0.05, 0.1) is 41.5 Å². The molecule has 0 atom stereocenters. The Morgan fingerprint density at radius 1 is 1.15 bits per heavy atom. The van der Waals surface area contributed by atoms with Gasteiger partial charge in [0.1, 0.15) is 35.4 Å². The molecule has 202 valence electrons. The maximum Gasteiger partial charge on any atom is 0.345 e. The highest BCUT2D eigenvalue weighted by Gasteiger charge is 2.22. The number of oxazole rings is 1. The van der Waals surface area contributed by atoms with Crippen LogP contribution in [0.15, 0.2) is 47.0 Å². The number of aromatic nitrogens is 2. The van der Waals surface area contributed by atoms with E-state index in [9.17, 15) is 20.4 Å². The zero-order valence-corrected chi connectivity index (χ0v) is 22.2. The molecular formula is C28H23N5O6S.